The molecule has 8 aromatic heterocycles. The quantitative estimate of drug-likeness (QED) is 0.0269. The van der Waals surface area contributed by atoms with Crippen LogP contribution in [-0.4, -0.2) is 204 Å². The number of aliphatic hydroxyl groups excluding tert-OH is 1. The van der Waals surface area contributed by atoms with Crippen LogP contribution in [0.5, 0.6) is 0 Å². The van der Waals surface area contributed by atoms with Crippen LogP contribution in [0.15, 0.2) is 151 Å². The molecule has 0 saturated carbocycles. The summed E-state index contributed by atoms with van der Waals surface area (Å²) in [7, 11) is 5.88. The number of alkyl halides is 1. The predicted molar refractivity (Wildman–Crippen MR) is 563 cm³/mol. The van der Waals surface area contributed by atoms with Gasteiger partial charge in [0.2, 0.25) is 5.28 Å². The standard InChI is InChI=1S/C24H29N3O3.C22H24FN3O.C22H25N3O2.C18H23BrN2O3.C16H25BO4.C10H13ClN2O3/c1-16-5-6-20(12-21(16)14-29-15-28-4)24-26-23(19-7-9-25-17(2)11-19)22-8-10-30-18(3)13-27(22)24;1-14-4-5-18(11-19(14)12-23)22-25-21(17-6-8-24-15(2)10-17)20-7-9-27-16(3)13-26(20)22;1-14-4-5-18(11-19(14)13-26)22-24-21(17-6-8-23-15(2)10-17)20-7-9-27-16(3)12-25(20)22;1-12-4-5-14(8-15(12)10-23-11-22-3)18-20-17(19)16-6-7-24-13(2)9-21(16)18;1-12-7-8-14(9-13(12)10-19-11-18-6)17-20-15(2,3)16(4,5)21-17;1-6-5-13-7(3-4-16-6)8(9(14)15-2)12-10(13)11/h5-7,9,11-12,18H,8,10,13-15H2,1-4H3;4-6,8,10-11,16H,7,9,12-13H2,1-3H3;4-6,8,10-11,16,26H,7,9,12-13H2,1-3H3;4-5,8,13H,6-7,9-11H2,1-3H3;7-9H,10-11H2,1-6H3;6H,3-5H2,1-2H3/t18-;2*16-;13-;;6-/m1111.1/s1. The second-order valence-corrected chi connectivity index (χ2v) is 39.8. The van der Waals surface area contributed by atoms with Gasteiger partial charge in [0.05, 0.1) is 169 Å². The number of imidazole rings is 5. The summed E-state index contributed by atoms with van der Waals surface area (Å²) in [6.07, 6.45) is 10.1. The molecule has 0 spiro atoms. The number of methoxy groups -OCH3 is 4. The van der Waals surface area contributed by atoms with Gasteiger partial charge in [-0.05, 0) is 267 Å². The summed E-state index contributed by atoms with van der Waals surface area (Å²) in [5.74, 6) is 3.30. The number of hydrogen-bond donors (Lipinski definition) is 1. The lowest BCUT2D eigenvalue weighted by Crippen LogP contribution is -2.41. The van der Waals surface area contributed by atoms with Crippen LogP contribution >= 0.6 is 27.5 Å². The molecule has 0 aliphatic carbocycles. The molecule has 0 unspecified atom stereocenters. The molecule has 14 heterocycles. The molecule has 0 radical (unpaired) electrons. The van der Waals surface area contributed by atoms with Crippen LogP contribution in [0.4, 0.5) is 4.39 Å². The van der Waals surface area contributed by atoms with Gasteiger partial charge in [-0.2, -0.15) is 0 Å². The van der Waals surface area contributed by atoms with Gasteiger partial charge in [0.25, 0.3) is 0 Å². The minimum atomic E-state index is -0.469. The Bertz CT molecular complexity index is 6420. The van der Waals surface area contributed by atoms with Crippen molar-refractivity contribution >= 4 is 46.1 Å². The molecule has 19 rings (SSSR count). The number of benzene rings is 5. The van der Waals surface area contributed by atoms with Crippen molar-refractivity contribution in [1.82, 2.24) is 62.7 Å². The third-order valence-corrected chi connectivity index (χ3v) is 28.0. The van der Waals surface area contributed by atoms with Gasteiger partial charge in [0, 0.05) is 145 Å². The lowest BCUT2D eigenvalue weighted by atomic mass is 9.78. The van der Waals surface area contributed by atoms with Gasteiger partial charge < -0.3 is 94.1 Å². The molecule has 0 bridgehead atoms. The van der Waals surface area contributed by atoms with E-state index < -0.39 is 12.6 Å². The average Bonchev–Trinajstić information content (AvgIpc) is 1.65. The maximum atomic E-state index is 13.4. The molecule has 6 aliphatic heterocycles. The zero-order valence-corrected chi connectivity index (χ0v) is 89.9. The van der Waals surface area contributed by atoms with Gasteiger partial charge in [-0.15, -0.1) is 0 Å². The van der Waals surface area contributed by atoms with E-state index in [0.29, 0.717) is 89.3 Å². The molecule has 772 valence electrons. The van der Waals surface area contributed by atoms with Crippen LogP contribution in [0.25, 0.3) is 79.3 Å². The summed E-state index contributed by atoms with van der Waals surface area (Å²) >= 11 is 9.60. The van der Waals surface area contributed by atoms with E-state index >= 15 is 0 Å². The van der Waals surface area contributed by atoms with Crippen molar-refractivity contribution in [2.45, 2.75) is 257 Å². The molecule has 1 N–H and O–H groups in total. The number of rotatable bonds is 23. The lowest BCUT2D eigenvalue weighted by molar-refractivity contribution is -0.0393. The fourth-order valence-electron chi connectivity index (χ4n) is 18.4. The smallest absolute Gasteiger partial charge is 0.464 e. The van der Waals surface area contributed by atoms with E-state index in [1.54, 1.807) is 21.3 Å². The second kappa shape index (κ2) is 50.8. The van der Waals surface area contributed by atoms with Crippen LogP contribution in [0.2, 0.25) is 5.28 Å². The minimum Gasteiger partial charge on any atom is -0.464 e. The van der Waals surface area contributed by atoms with Crippen LogP contribution < -0.4 is 5.46 Å². The highest BCUT2D eigenvalue weighted by Crippen LogP contribution is 2.41. The van der Waals surface area contributed by atoms with E-state index in [0.717, 1.165) is 204 Å². The van der Waals surface area contributed by atoms with E-state index in [1.807, 2.05) is 107 Å². The Balaban J connectivity index is 0.000000139. The van der Waals surface area contributed by atoms with Crippen molar-refractivity contribution in [3.05, 3.63) is 263 Å². The largest absolute Gasteiger partial charge is 0.494 e. The predicted octanol–water partition coefficient (Wildman–Crippen LogP) is 20.1. The number of aliphatic hydroxyl groups is 1. The number of carbonyl (C=O) groups is 1. The van der Waals surface area contributed by atoms with Crippen molar-refractivity contribution < 1.29 is 80.4 Å². The first-order valence-electron chi connectivity index (χ1n) is 49.6. The molecule has 145 heavy (non-hydrogen) atoms. The Hall–Kier alpha value is -10.7. The fourth-order valence-corrected chi connectivity index (χ4v) is 19.2. The molecular formula is C112H139BBrClFN13O16. The molecule has 0 amide bonds. The lowest BCUT2D eigenvalue weighted by Gasteiger charge is -2.32. The monoisotopic (exact) mass is 2070 g/mol. The summed E-state index contributed by atoms with van der Waals surface area (Å²) in [5, 5.41) is 9.99. The highest BCUT2D eigenvalue weighted by molar-refractivity contribution is 9.10. The topological polar surface area (TPSA) is 294 Å². The number of pyridine rings is 3. The fraction of sp³-hybridized carbons (Fsp3) is 0.455. The number of halogens is 3. The maximum absolute atomic E-state index is 13.4. The molecule has 5 aromatic carbocycles. The minimum absolute atomic E-state index is 0.0309. The number of ether oxygens (including phenoxy) is 12. The van der Waals surface area contributed by atoms with Crippen LogP contribution in [0.3, 0.4) is 0 Å². The van der Waals surface area contributed by atoms with Crippen LogP contribution in [0.1, 0.15) is 174 Å². The molecule has 33 heteroatoms. The van der Waals surface area contributed by atoms with E-state index in [-0.39, 0.29) is 62.2 Å². The first-order chi connectivity index (χ1) is 69.7. The van der Waals surface area contributed by atoms with E-state index in [2.05, 4.69) is 220 Å². The number of hydrogen-bond acceptors (Lipinski definition) is 24. The first kappa shape index (κ1) is 110. The Kier molecular flexibility index (Phi) is 38.5. The molecule has 13 aromatic rings. The molecule has 5 atom stereocenters. The van der Waals surface area contributed by atoms with Crippen LogP contribution in [0, 0.1) is 55.4 Å². The normalized spacial score (nSPS) is 17.7. The zero-order valence-electron chi connectivity index (χ0n) is 87.6. The number of fused-ring (bicyclic) bond motifs is 5. The molecule has 29 nitrogen and oxygen atoms in total. The van der Waals surface area contributed by atoms with Gasteiger partial charge >= 0.3 is 13.1 Å². The number of esters is 1. The number of nitrogens with zero attached hydrogens (tertiary/aromatic N) is 13. The average molecular weight is 2070 g/mol. The van der Waals surface area contributed by atoms with Gasteiger partial charge in [-0.25, -0.2) is 34.1 Å². The zero-order chi connectivity index (χ0) is 104. The Morgan fingerprint density at radius 1 is 0.414 bits per heavy atom. The van der Waals surface area contributed by atoms with Crippen molar-refractivity contribution in [2.75, 3.05) is 81.9 Å². The van der Waals surface area contributed by atoms with E-state index in [1.165, 1.54) is 46.6 Å². The molecule has 1 fully saturated rings. The van der Waals surface area contributed by atoms with Crippen molar-refractivity contribution in [3.63, 3.8) is 0 Å². The molecular weight excluding hydrogens is 1930 g/mol. The highest BCUT2D eigenvalue weighted by Gasteiger charge is 2.52. The molecule has 1 saturated heterocycles. The van der Waals surface area contributed by atoms with Gasteiger partial charge in [0.1, 0.15) is 55.0 Å². The number of carbonyl (C=O) groups excluding carboxylic acids is 1. The van der Waals surface area contributed by atoms with Crippen molar-refractivity contribution in [3.8, 4) is 79.3 Å². The van der Waals surface area contributed by atoms with Crippen molar-refractivity contribution in [2.24, 2.45) is 0 Å². The summed E-state index contributed by atoms with van der Waals surface area (Å²) in [6, 6.07) is 43.5. The van der Waals surface area contributed by atoms with Gasteiger partial charge in [0.15, 0.2) is 5.69 Å². The first-order valence-corrected chi connectivity index (χ1v) is 50.8. The summed E-state index contributed by atoms with van der Waals surface area (Å²) in [6.45, 7) is 43.9. The summed E-state index contributed by atoms with van der Waals surface area (Å²) in [4.78, 5) is 48.5. The Morgan fingerprint density at radius 3 is 1.09 bits per heavy atom. The van der Waals surface area contributed by atoms with E-state index in [9.17, 15) is 14.3 Å². The third kappa shape index (κ3) is 27.3. The SMILES string of the molecule is COC(=O)c1nc(Cl)n2c1CCO[C@H](C)C2.COCOCc1cc(-c2nc(-c3ccnc(C)c3)c3n2C[C@@H](C)OCC3)ccc1C.COCOCc1cc(-c2nc(Br)c3n2C[C@@H](C)OCC3)ccc1C.COCOCc1cc(B2OC(C)(C)C(C)(C)O2)ccc1C.Cc1cc(-c2nc(-c3ccc(C)c(CF)c3)n3c2CCO[C@H](C)C3)ccn1.Cc1cc(-c2nc(-c3ccc(C)c(CO)c3)n3c2CCO[C@H](C)C3)ccn1. The van der Waals surface area contributed by atoms with Crippen molar-refractivity contribution in [1.29, 1.82) is 0 Å². The van der Waals surface area contributed by atoms with Crippen LogP contribution in [-0.2, 0) is 164 Å². The number of aromatic nitrogens is 13. The molecule has 6 aliphatic rings. The summed E-state index contributed by atoms with van der Waals surface area (Å²) < 4.78 is 103. The van der Waals surface area contributed by atoms with Gasteiger partial charge in [-0.1, -0.05) is 66.7 Å². The maximum Gasteiger partial charge on any atom is 0.494 e. The second-order valence-electron chi connectivity index (χ2n) is 38.7. The van der Waals surface area contributed by atoms with Gasteiger partial charge in [-0.3, -0.25) is 15.0 Å². The summed E-state index contributed by atoms with van der Waals surface area (Å²) in [5.41, 5.74) is 30.3. The highest BCUT2D eigenvalue weighted by atomic mass is 79.9. The number of aryl methyl sites for hydroxylation is 8. The Labute approximate surface area is 865 Å². The Morgan fingerprint density at radius 2 is 0.731 bits per heavy atom. The van der Waals surface area contributed by atoms with E-state index in [4.69, 9.17) is 93.0 Å². The third-order valence-electron chi connectivity index (χ3n) is 27.1.